The van der Waals surface area contributed by atoms with Crippen LogP contribution in [0.25, 0.3) is 11.1 Å². The van der Waals surface area contributed by atoms with Crippen LogP contribution in [0.5, 0.6) is 0 Å². The van der Waals surface area contributed by atoms with Gasteiger partial charge < -0.3 is 31.2 Å². The normalized spacial score (nSPS) is 20.6. The van der Waals surface area contributed by atoms with Crippen molar-refractivity contribution in [1.82, 2.24) is 0 Å². The standard InChI is InChI=1S/C29H37.C9H13.C5H8.2ClH.Zr/c1-26(2)9-11-28(5,6)24-16-20-18(14-22(24)26)13-19-15-23-25(17-21(19)20)29(7,8)12-10-27(23,3)4;1-9(2,3)8-6-4-5-7-8;1-2-4-5-3-1;;;/h9,14-17H,10-13H2,1-8H3;4-7H,1-3H3;1-4H2;2*1H;/q2*-1;;;;+2/p-2. The van der Waals surface area contributed by atoms with Gasteiger partial charge in [-0.05, 0) is 74.5 Å². The molecule has 250 valence electrons. The zero-order valence-electron chi connectivity index (χ0n) is 30.6. The molecule has 0 aromatic heterocycles. The van der Waals surface area contributed by atoms with Crippen molar-refractivity contribution in [3.05, 3.63) is 93.9 Å². The molecule has 7 rings (SSSR count). The number of rotatable bonds is 0. The van der Waals surface area contributed by atoms with Crippen molar-refractivity contribution >= 4 is 3.21 Å². The Balaban J connectivity index is 0.000000280. The zero-order chi connectivity index (χ0) is 32.3. The van der Waals surface area contributed by atoms with E-state index >= 15 is 0 Å². The predicted molar refractivity (Wildman–Crippen MR) is 189 cm³/mol. The molecule has 0 amide bonds. The van der Waals surface area contributed by atoms with Crippen molar-refractivity contribution in [2.45, 2.75) is 155 Å². The van der Waals surface area contributed by atoms with E-state index < -0.39 is 0 Å². The van der Waals surface area contributed by atoms with E-state index in [0.29, 0.717) is 5.41 Å². The average molecular weight is 737 g/mol. The Morgan fingerprint density at radius 2 is 1.15 bits per heavy atom. The fraction of sp³-hybridized carbons (Fsp3) is 0.558. The van der Waals surface area contributed by atoms with Gasteiger partial charge >= 0.3 is 53.1 Å². The van der Waals surface area contributed by atoms with Crippen molar-refractivity contribution in [3.63, 3.8) is 0 Å². The van der Waals surface area contributed by atoms with Crippen molar-refractivity contribution in [1.29, 1.82) is 0 Å². The molecule has 0 spiro atoms. The molecule has 0 nitrogen and oxygen atoms in total. The molecular weight excluding hydrogens is 679 g/mol. The van der Waals surface area contributed by atoms with Crippen LogP contribution in [0.1, 0.15) is 160 Å². The van der Waals surface area contributed by atoms with Gasteiger partial charge in [-0.3, -0.25) is 0 Å². The molecule has 3 aromatic carbocycles. The number of halogens is 2. The van der Waals surface area contributed by atoms with Crippen molar-refractivity contribution < 1.29 is 49.0 Å². The molecule has 0 N–H and O–H groups in total. The second-order valence-electron chi connectivity index (χ2n) is 17.8. The molecule has 0 bridgehead atoms. The molecule has 3 aromatic rings. The molecular formula is C43H58Cl2Zr-2. The SMILES string of the molecule is CC(C)(C)c1cc[cH-]c1.CC1(C)[CH-]CC(C)(C)c2cc3c(cc21)Cc1cc2c(cc1-3)C(C)(C)CCC2(C)C.[Cl-].[Cl-].[Zr+2]=[C]1CCCC1. The summed E-state index contributed by atoms with van der Waals surface area (Å²) < 4.78 is 1.79. The minimum absolute atomic E-state index is 0. The van der Waals surface area contributed by atoms with Crippen LogP contribution in [-0.4, -0.2) is 3.21 Å². The number of hydrogen-bond acceptors (Lipinski definition) is 0. The van der Waals surface area contributed by atoms with Crippen LogP contribution in [0.3, 0.4) is 0 Å². The van der Waals surface area contributed by atoms with Crippen LogP contribution in [0, 0.1) is 6.42 Å². The van der Waals surface area contributed by atoms with Gasteiger partial charge in [-0.1, -0.05) is 111 Å². The van der Waals surface area contributed by atoms with Crippen molar-refractivity contribution in [2.24, 2.45) is 0 Å². The van der Waals surface area contributed by atoms with E-state index in [2.05, 4.69) is 131 Å². The van der Waals surface area contributed by atoms with E-state index in [9.17, 15) is 0 Å². The summed E-state index contributed by atoms with van der Waals surface area (Å²) in [4.78, 5) is 0. The third kappa shape index (κ3) is 8.11. The molecule has 4 aliphatic rings. The fourth-order valence-electron chi connectivity index (χ4n) is 7.80. The fourth-order valence-corrected chi connectivity index (χ4v) is 8.67. The first-order valence-electron chi connectivity index (χ1n) is 17.3. The van der Waals surface area contributed by atoms with E-state index in [1.807, 2.05) is 0 Å². The van der Waals surface area contributed by atoms with E-state index in [4.69, 9.17) is 0 Å². The van der Waals surface area contributed by atoms with Gasteiger partial charge in [0.15, 0.2) is 0 Å². The van der Waals surface area contributed by atoms with E-state index in [1.165, 1.54) is 60.8 Å². The first-order chi connectivity index (χ1) is 20.3. The summed E-state index contributed by atoms with van der Waals surface area (Å²) in [5, 5.41) is 0. The molecule has 1 fully saturated rings. The quantitative estimate of drug-likeness (QED) is 0.202. The Labute approximate surface area is 309 Å². The Bertz CT molecular complexity index is 1430. The maximum absolute atomic E-state index is 2.58. The van der Waals surface area contributed by atoms with Gasteiger partial charge in [0.1, 0.15) is 0 Å². The summed E-state index contributed by atoms with van der Waals surface area (Å²) in [5.74, 6) is 0. The van der Waals surface area contributed by atoms with E-state index in [-0.39, 0.29) is 46.5 Å². The number of benzene rings is 2. The Hall–Kier alpha value is -0.877. The summed E-state index contributed by atoms with van der Waals surface area (Å²) >= 11 is 1.68. The number of hydrogen-bond donors (Lipinski definition) is 0. The molecule has 0 atom stereocenters. The average Bonchev–Trinajstić information content (AvgIpc) is 3.70. The van der Waals surface area contributed by atoms with Crippen LogP contribution in [0.2, 0.25) is 0 Å². The molecule has 3 heteroatoms. The predicted octanol–water partition coefficient (Wildman–Crippen LogP) is 5.76. The van der Waals surface area contributed by atoms with Crippen LogP contribution in [0.4, 0.5) is 0 Å². The van der Waals surface area contributed by atoms with Crippen molar-refractivity contribution in [2.75, 3.05) is 0 Å². The van der Waals surface area contributed by atoms with Crippen LogP contribution >= 0.6 is 0 Å². The van der Waals surface area contributed by atoms with E-state index in [0.717, 1.165) is 12.8 Å². The molecule has 0 aliphatic heterocycles. The first kappa shape index (κ1) is 39.6. The summed E-state index contributed by atoms with van der Waals surface area (Å²) in [6, 6.07) is 18.8. The van der Waals surface area contributed by atoms with Gasteiger partial charge in [0, 0.05) is 0 Å². The minimum atomic E-state index is 0. The summed E-state index contributed by atoms with van der Waals surface area (Å²) in [5.41, 5.74) is 15.1. The van der Waals surface area contributed by atoms with Gasteiger partial charge in [0.2, 0.25) is 0 Å². The molecule has 1 saturated carbocycles. The molecule has 0 unspecified atom stereocenters. The van der Waals surface area contributed by atoms with Crippen molar-refractivity contribution in [3.8, 4) is 11.1 Å². The summed E-state index contributed by atoms with van der Waals surface area (Å²) in [7, 11) is 0. The molecule has 0 saturated heterocycles. The maximum atomic E-state index is 2.58. The molecule has 0 heterocycles. The van der Waals surface area contributed by atoms with E-state index in [1.54, 1.807) is 55.3 Å². The van der Waals surface area contributed by atoms with Gasteiger partial charge in [-0.2, -0.15) is 30.2 Å². The molecule has 4 aliphatic carbocycles. The monoisotopic (exact) mass is 734 g/mol. The van der Waals surface area contributed by atoms with Crippen LogP contribution in [0.15, 0.2) is 48.5 Å². The number of fused-ring (bicyclic) bond motifs is 5. The Kier molecular flexibility index (Phi) is 12.2. The Morgan fingerprint density at radius 3 is 1.57 bits per heavy atom. The summed E-state index contributed by atoms with van der Waals surface area (Å²) in [6.45, 7) is 26.0. The van der Waals surface area contributed by atoms with Gasteiger partial charge in [0.05, 0.1) is 0 Å². The third-order valence-corrected chi connectivity index (χ3v) is 12.5. The molecule has 46 heavy (non-hydrogen) atoms. The molecule has 0 radical (unpaired) electrons. The van der Waals surface area contributed by atoms with Gasteiger partial charge in [0.25, 0.3) is 0 Å². The third-order valence-electron chi connectivity index (χ3n) is 11.3. The second kappa shape index (κ2) is 14.2. The van der Waals surface area contributed by atoms with Gasteiger partial charge in [-0.25, -0.2) is 6.07 Å². The second-order valence-corrected chi connectivity index (χ2v) is 19.5. The first-order valence-corrected chi connectivity index (χ1v) is 18.5. The van der Waals surface area contributed by atoms with Gasteiger partial charge in [-0.15, -0.1) is 5.41 Å². The Morgan fingerprint density at radius 1 is 0.674 bits per heavy atom. The van der Waals surface area contributed by atoms with Crippen LogP contribution in [-0.2, 0) is 57.7 Å². The topological polar surface area (TPSA) is 0 Å². The van der Waals surface area contributed by atoms with Crippen LogP contribution < -0.4 is 24.8 Å². The summed E-state index contributed by atoms with van der Waals surface area (Å²) in [6.07, 6.45) is 13.2. The zero-order valence-corrected chi connectivity index (χ0v) is 34.6.